The molecule has 1 aliphatic rings. The van der Waals surface area contributed by atoms with Crippen molar-refractivity contribution >= 4 is 17.1 Å². The summed E-state index contributed by atoms with van der Waals surface area (Å²) in [4.78, 5) is 18.3. The predicted molar refractivity (Wildman–Crippen MR) is 133 cm³/mol. The summed E-state index contributed by atoms with van der Waals surface area (Å²) in [7, 11) is 1.55. The van der Waals surface area contributed by atoms with Crippen molar-refractivity contribution < 1.29 is 9.47 Å². The normalized spacial score (nSPS) is 14.2. The number of fused-ring (bicyclic) bond motifs is 1. The largest absolute Gasteiger partial charge is 0.493 e. The highest BCUT2D eigenvalue weighted by Crippen LogP contribution is 2.34. The molecule has 1 heterocycles. The van der Waals surface area contributed by atoms with Gasteiger partial charge in [-0.05, 0) is 49.1 Å². The summed E-state index contributed by atoms with van der Waals surface area (Å²) >= 11 is 0. The van der Waals surface area contributed by atoms with Gasteiger partial charge in [-0.15, -0.1) is 6.58 Å². The van der Waals surface area contributed by atoms with Crippen molar-refractivity contribution in [1.29, 1.82) is 5.26 Å². The monoisotopic (exact) mass is 456 g/mol. The maximum absolute atomic E-state index is 13.4. The fraction of sp³-hybridized carbons (Fsp3) is 0.333. The summed E-state index contributed by atoms with van der Waals surface area (Å²) in [5.41, 5.74) is 2.10. The molecule has 174 valence electrons. The van der Waals surface area contributed by atoms with Gasteiger partial charge < -0.3 is 9.47 Å². The zero-order valence-corrected chi connectivity index (χ0v) is 19.4. The number of ether oxygens (including phenoxy) is 2. The van der Waals surface area contributed by atoms with Crippen LogP contribution in [-0.2, 0) is 6.42 Å². The van der Waals surface area contributed by atoms with E-state index < -0.39 is 0 Å². The minimum atomic E-state index is -0.172. The molecule has 34 heavy (non-hydrogen) atoms. The molecule has 0 unspecified atom stereocenters. The van der Waals surface area contributed by atoms with Gasteiger partial charge >= 0.3 is 0 Å². The van der Waals surface area contributed by atoms with Gasteiger partial charge in [0.25, 0.3) is 5.56 Å². The van der Waals surface area contributed by atoms with E-state index in [1.165, 1.54) is 11.1 Å². The smallest absolute Gasteiger partial charge is 0.282 e. The Morgan fingerprint density at radius 2 is 2.06 bits per heavy atom. The molecule has 7 nitrogen and oxygen atoms in total. The zero-order valence-electron chi connectivity index (χ0n) is 19.4. The molecule has 2 aromatic carbocycles. The van der Waals surface area contributed by atoms with E-state index in [1.54, 1.807) is 31.5 Å². The van der Waals surface area contributed by atoms with Crippen molar-refractivity contribution in [3.63, 3.8) is 0 Å². The molecular weight excluding hydrogens is 428 g/mol. The SMILES string of the molecule is C=CCc1cc(C=Nn2c(C3CCCCC3)nc3ccccc3c2=O)cc(OC)c1OCC#N. The number of para-hydroxylation sites is 1. The lowest BCUT2D eigenvalue weighted by atomic mass is 9.88. The van der Waals surface area contributed by atoms with Gasteiger partial charge in [0.2, 0.25) is 0 Å². The maximum Gasteiger partial charge on any atom is 0.282 e. The quantitative estimate of drug-likeness (QED) is 0.353. The predicted octanol–water partition coefficient (Wildman–Crippen LogP) is 4.97. The van der Waals surface area contributed by atoms with Crippen LogP contribution in [0.3, 0.4) is 0 Å². The first kappa shape index (κ1) is 23.2. The van der Waals surface area contributed by atoms with Gasteiger partial charge in [0.15, 0.2) is 18.1 Å². The number of nitrogens with zero attached hydrogens (tertiary/aromatic N) is 4. The Balaban J connectivity index is 1.80. The van der Waals surface area contributed by atoms with Gasteiger partial charge in [-0.3, -0.25) is 4.79 Å². The Bertz CT molecular complexity index is 1310. The summed E-state index contributed by atoms with van der Waals surface area (Å²) in [6, 6.07) is 13.1. The van der Waals surface area contributed by atoms with Crippen LogP contribution in [0.1, 0.15) is 55.0 Å². The van der Waals surface area contributed by atoms with Crippen LogP contribution in [0.25, 0.3) is 10.9 Å². The first-order valence-electron chi connectivity index (χ1n) is 11.5. The number of hydrogen-bond donors (Lipinski definition) is 0. The molecule has 1 fully saturated rings. The Morgan fingerprint density at radius 1 is 1.26 bits per heavy atom. The minimum absolute atomic E-state index is 0.0865. The third-order valence-corrected chi connectivity index (χ3v) is 6.09. The van der Waals surface area contributed by atoms with Crippen LogP contribution in [0.4, 0.5) is 0 Å². The van der Waals surface area contributed by atoms with Crippen LogP contribution in [0.5, 0.6) is 11.5 Å². The Morgan fingerprint density at radius 3 is 2.79 bits per heavy atom. The molecule has 0 spiro atoms. The Kier molecular flexibility index (Phi) is 7.38. The molecule has 0 bridgehead atoms. The van der Waals surface area contributed by atoms with Crippen LogP contribution >= 0.6 is 0 Å². The number of benzene rings is 2. The van der Waals surface area contributed by atoms with Crippen molar-refractivity contribution in [3.05, 3.63) is 76.4 Å². The van der Waals surface area contributed by atoms with Gasteiger partial charge in [0, 0.05) is 11.5 Å². The van der Waals surface area contributed by atoms with E-state index in [-0.39, 0.29) is 18.1 Å². The second kappa shape index (κ2) is 10.8. The molecule has 0 radical (unpaired) electrons. The second-order valence-electron chi connectivity index (χ2n) is 8.33. The molecule has 0 amide bonds. The van der Waals surface area contributed by atoms with Gasteiger partial charge in [-0.1, -0.05) is 37.5 Å². The lowest BCUT2D eigenvalue weighted by Crippen LogP contribution is -2.25. The highest BCUT2D eigenvalue weighted by Gasteiger charge is 2.22. The first-order valence-corrected chi connectivity index (χ1v) is 11.5. The molecule has 0 atom stereocenters. The Labute approximate surface area is 199 Å². The lowest BCUT2D eigenvalue weighted by molar-refractivity contribution is 0.327. The van der Waals surface area contributed by atoms with Gasteiger partial charge in [0.05, 0.1) is 24.2 Å². The topological polar surface area (TPSA) is 89.5 Å². The average Bonchev–Trinajstić information content (AvgIpc) is 2.87. The van der Waals surface area contributed by atoms with E-state index in [4.69, 9.17) is 19.7 Å². The molecular formula is C27H28N4O3. The van der Waals surface area contributed by atoms with E-state index in [0.717, 1.165) is 36.8 Å². The van der Waals surface area contributed by atoms with Crippen LogP contribution in [0.2, 0.25) is 0 Å². The minimum Gasteiger partial charge on any atom is -0.493 e. The number of allylic oxidation sites excluding steroid dienone is 1. The molecule has 7 heteroatoms. The van der Waals surface area contributed by atoms with Gasteiger partial charge in [0.1, 0.15) is 11.9 Å². The van der Waals surface area contributed by atoms with Gasteiger partial charge in [-0.25, -0.2) is 4.98 Å². The molecule has 1 aromatic heterocycles. The number of hydrogen-bond acceptors (Lipinski definition) is 6. The van der Waals surface area contributed by atoms with Crippen molar-refractivity contribution in [2.24, 2.45) is 5.10 Å². The summed E-state index contributed by atoms with van der Waals surface area (Å²) in [6.07, 6.45) is 9.41. The van der Waals surface area contributed by atoms with Crippen molar-refractivity contribution in [1.82, 2.24) is 9.66 Å². The van der Waals surface area contributed by atoms with E-state index >= 15 is 0 Å². The molecule has 4 rings (SSSR count). The number of aromatic nitrogens is 2. The Hall–Kier alpha value is -3.92. The average molecular weight is 457 g/mol. The standard InChI is InChI=1S/C27H28N4O3/c1-3-9-21-16-19(17-24(33-2)25(21)34-15-14-28)18-29-31-26(20-10-5-4-6-11-20)30-23-13-8-7-12-22(23)27(31)32/h3,7-8,12-13,16-18,20H,1,4-6,9-11,15H2,2H3. The highest BCUT2D eigenvalue weighted by atomic mass is 16.5. The van der Waals surface area contributed by atoms with E-state index in [9.17, 15) is 4.79 Å². The van der Waals surface area contributed by atoms with Crippen LogP contribution in [0.15, 0.2) is 58.9 Å². The fourth-order valence-corrected chi connectivity index (χ4v) is 4.49. The summed E-state index contributed by atoms with van der Waals surface area (Å²) in [5, 5.41) is 14.1. The summed E-state index contributed by atoms with van der Waals surface area (Å²) in [6.45, 7) is 3.72. The van der Waals surface area contributed by atoms with Crippen LogP contribution in [-0.4, -0.2) is 29.6 Å². The molecule has 3 aromatic rings. The van der Waals surface area contributed by atoms with Gasteiger partial charge in [-0.2, -0.15) is 15.0 Å². The van der Waals surface area contributed by atoms with Crippen molar-refractivity contribution in [2.45, 2.75) is 44.4 Å². The first-order chi connectivity index (χ1) is 16.7. The number of rotatable bonds is 8. The molecule has 1 saturated carbocycles. The van der Waals surface area contributed by atoms with Crippen molar-refractivity contribution in [3.8, 4) is 17.6 Å². The summed E-state index contributed by atoms with van der Waals surface area (Å²) in [5.74, 6) is 1.92. The lowest BCUT2D eigenvalue weighted by Gasteiger charge is -2.22. The third kappa shape index (κ3) is 4.86. The number of methoxy groups -OCH3 is 1. The molecule has 0 N–H and O–H groups in total. The summed E-state index contributed by atoms with van der Waals surface area (Å²) < 4.78 is 12.6. The van der Waals surface area contributed by atoms with Crippen LogP contribution < -0.4 is 15.0 Å². The molecule has 0 aliphatic heterocycles. The second-order valence-corrected chi connectivity index (χ2v) is 8.33. The maximum atomic E-state index is 13.4. The molecule has 0 saturated heterocycles. The fourth-order valence-electron chi connectivity index (χ4n) is 4.49. The van der Waals surface area contributed by atoms with E-state index in [0.29, 0.717) is 34.6 Å². The van der Waals surface area contributed by atoms with Crippen LogP contribution in [0, 0.1) is 11.3 Å². The highest BCUT2D eigenvalue weighted by molar-refractivity contribution is 5.82. The van der Waals surface area contributed by atoms with Crippen molar-refractivity contribution in [2.75, 3.05) is 13.7 Å². The molecule has 1 aliphatic carbocycles. The number of nitriles is 1. The third-order valence-electron chi connectivity index (χ3n) is 6.09. The van der Waals surface area contributed by atoms with E-state index in [2.05, 4.69) is 11.7 Å². The van der Waals surface area contributed by atoms with E-state index in [1.807, 2.05) is 30.3 Å². The zero-order chi connectivity index (χ0) is 23.9.